The van der Waals surface area contributed by atoms with Crippen molar-refractivity contribution < 1.29 is 17.6 Å². The number of carbonyl (C=O) groups excluding carboxylic acids is 1. The lowest BCUT2D eigenvalue weighted by Crippen LogP contribution is -2.43. The topological polar surface area (TPSA) is 79.6 Å². The van der Waals surface area contributed by atoms with Crippen LogP contribution < -0.4 is 5.32 Å². The number of fused-ring (bicyclic) bond motifs is 1. The van der Waals surface area contributed by atoms with Gasteiger partial charge in [-0.05, 0) is 60.9 Å². The summed E-state index contributed by atoms with van der Waals surface area (Å²) in [6, 6.07) is 17.3. The van der Waals surface area contributed by atoms with Crippen LogP contribution in [0, 0.1) is 0 Å². The van der Waals surface area contributed by atoms with Crippen molar-refractivity contribution in [2.24, 2.45) is 0 Å². The maximum Gasteiger partial charge on any atom is 0.243 e. The first kappa shape index (κ1) is 22.8. The number of nitrogens with zero attached hydrogens (tertiary/aromatic N) is 1. The predicted molar refractivity (Wildman–Crippen MR) is 126 cm³/mol. The average molecular weight is 517 g/mol. The molecule has 0 saturated heterocycles. The molecule has 0 saturated carbocycles. The van der Waals surface area contributed by atoms with Gasteiger partial charge in [-0.15, -0.1) is 0 Å². The number of furan rings is 1. The molecule has 2 heterocycles. The van der Waals surface area contributed by atoms with Crippen LogP contribution >= 0.6 is 15.9 Å². The van der Waals surface area contributed by atoms with Crippen LogP contribution in [0.1, 0.15) is 36.3 Å². The summed E-state index contributed by atoms with van der Waals surface area (Å²) in [5, 5.41) is 2.99. The van der Waals surface area contributed by atoms with E-state index in [1.807, 2.05) is 43.3 Å². The average Bonchev–Trinajstić information content (AvgIpc) is 3.27. The van der Waals surface area contributed by atoms with Crippen LogP contribution in [0.2, 0.25) is 0 Å². The highest BCUT2D eigenvalue weighted by Crippen LogP contribution is 2.36. The van der Waals surface area contributed by atoms with Crippen molar-refractivity contribution in [2.45, 2.75) is 43.2 Å². The first-order valence-corrected chi connectivity index (χ1v) is 12.7. The van der Waals surface area contributed by atoms with Gasteiger partial charge in [0.05, 0.1) is 17.2 Å². The summed E-state index contributed by atoms with van der Waals surface area (Å²) in [7, 11) is -3.77. The number of nitrogens with one attached hydrogen (secondary N) is 1. The number of carbonyl (C=O) groups is 1. The molecular weight excluding hydrogens is 492 g/mol. The van der Waals surface area contributed by atoms with Crippen LogP contribution in [0.5, 0.6) is 0 Å². The summed E-state index contributed by atoms with van der Waals surface area (Å²) in [5.74, 6) is 0.599. The Kier molecular flexibility index (Phi) is 6.83. The third-order valence-electron chi connectivity index (χ3n) is 5.66. The standard InChI is InChI=1S/C24H25BrN2O4S/c1-17(15-20-6-4-14-31-20)26-24(28)16-23-22-7-3-2-5-18(22)12-13-27(23)32(29,30)21-10-8-19(25)9-11-21/h2-11,14,17,23H,12-13,15-16H2,1H3,(H,26,28)/t17-,23+/m1/s1. The Labute approximate surface area is 196 Å². The number of benzene rings is 2. The van der Waals surface area contributed by atoms with E-state index in [0.29, 0.717) is 19.4 Å². The zero-order valence-corrected chi connectivity index (χ0v) is 20.1. The molecule has 0 unspecified atom stereocenters. The van der Waals surface area contributed by atoms with Gasteiger partial charge in [0.1, 0.15) is 5.76 Å². The highest BCUT2D eigenvalue weighted by molar-refractivity contribution is 9.10. The fraction of sp³-hybridized carbons (Fsp3) is 0.292. The second-order valence-corrected chi connectivity index (χ2v) is 10.8. The maximum absolute atomic E-state index is 13.5. The van der Waals surface area contributed by atoms with E-state index in [1.54, 1.807) is 30.5 Å². The Morgan fingerprint density at radius 1 is 1.16 bits per heavy atom. The van der Waals surface area contributed by atoms with Crippen LogP contribution in [-0.4, -0.2) is 31.2 Å². The fourth-order valence-corrected chi connectivity index (χ4v) is 6.03. The molecule has 1 aliphatic rings. The predicted octanol–water partition coefficient (Wildman–Crippen LogP) is 4.47. The molecule has 168 valence electrons. The molecule has 6 nitrogen and oxygen atoms in total. The minimum atomic E-state index is -3.77. The zero-order valence-electron chi connectivity index (χ0n) is 17.7. The van der Waals surface area contributed by atoms with Crippen LogP contribution in [-0.2, 0) is 27.7 Å². The molecule has 32 heavy (non-hydrogen) atoms. The molecule has 3 aromatic rings. The van der Waals surface area contributed by atoms with Crippen molar-refractivity contribution >= 4 is 31.9 Å². The maximum atomic E-state index is 13.5. The monoisotopic (exact) mass is 516 g/mol. The molecule has 1 N–H and O–H groups in total. The largest absolute Gasteiger partial charge is 0.469 e. The third-order valence-corrected chi connectivity index (χ3v) is 8.11. The van der Waals surface area contributed by atoms with Crippen molar-refractivity contribution in [1.82, 2.24) is 9.62 Å². The molecule has 8 heteroatoms. The van der Waals surface area contributed by atoms with E-state index < -0.39 is 16.1 Å². The summed E-state index contributed by atoms with van der Waals surface area (Å²) in [5.41, 5.74) is 1.96. The molecule has 1 aliphatic heterocycles. The van der Waals surface area contributed by atoms with Gasteiger partial charge in [-0.3, -0.25) is 4.79 Å². The van der Waals surface area contributed by atoms with Crippen molar-refractivity contribution in [3.8, 4) is 0 Å². The van der Waals surface area contributed by atoms with Crippen molar-refractivity contribution in [1.29, 1.82) is 0 Å². The van der Waals surface area contributed by atoms with Crippen LogP contribution in [0.4, 0.5) is 0 Å². The molecule has 0 spiro atoms. The van der Waals surface area contributed by atoms with Crippen LogP contribution in [0.3, 0.4) is 0 Å². The molecule has 1 aromatic heterocycles. The molecule has 0 radical (unpaired) electrons. The molecule has 2 aromatic carbocycles. The number of hydrogen-bond donors (Lipinski definition) is 1. The first-order chi connectivity index (χ1) is 15.3. The van der Waals surface area contributed by atoms with E-state index in [2.05, 4.69) is 21.2 Å². The Morgan fingerprint density at radius 3 is 2.62 bits per heavy atom. The molecule has 0 aliphatic carbocycles. The number of amides is 1. The number of halogens is 1. The highest BCUT2D eigenvalue weighted by atomic mass is 79.9. The van der Waals surface area contributed by atoms with Crippen molar-refractivity contribution in [3.63, 3.8) is 0 Å². The van der Waals surface area contributed by atoms with E-state index in [1.165, 1.54) is 4.31 Å². The van der Waals surface area contributed by atoms with E-state index in [4.69, 9.17) is 4.42 Å². The minimum Gasteiger partial charge on any atom is -0.469 e. The lowest BCUT2D eigenvalue weighted by atomic mass is 9.92. The normalized spacial score (nSPS) is 17.5. The first-order valence-electron chi connectivity index (χ1n) is 10.5. The quantitative estimate of drug-likeness (QED) is 0.502. The van der Waals surface area contributed by atoms with Gasteiger partial charge in [0.25, 0.3) is 0 Å². The van der Waals surface area contributed by atoms with Gasteiger partial charge < -0.3 is 9.73 Å². The number of rotatable bonds is 7. The van der Waals surface area contributed by atoms with Crippen LogP contribution in [0.25, 0.3) is 0 Å². The molecular formula is C24H25BrN2O4S. The van der Waals surface area contributed by atoms with Gasteiger partial charge in [-0.1, -0.05) is 40.2 Å². The molecule has 2 atom stereocenters. The Bertz CT molecular complexity index is 1180. The molecule has 0 bridgehead atoms. The van der Waals surface area contributed by atoms with Gasteiger partial charge in [-0.25, -0.2) is 8.42 Å². The number of sulfonamides is 1. The van der Waals surface area contributed by atoms with Gasteiger partial charge >= 0.3 is 0 Å². The minimum absolute atomic E-state index is 0.0509. The second-order valence-electron chi connectivity index (χ2n) is 7.99. The zero-order chi connectivity index (χ0) is 22.7. The smallest absolute Gasteiger partial charge is 0.243 e. The van der Waals surface area contributed by atoms with Gasteiger partial charge in [0.2, 0.25) is 15.9 Å². The van der Waals surface area contributed by atoms with Gasteiger partial charge in [0.15, 0.2) is 0 Å². The lowest BCUT2D eigenvalue weighted by Gasteiger charge is -2.36. The summed E-state index contributed by atoms with van der Waals surface area (Å²) in [4.78, 5) is 13.2. The summed E-state index contributed by atoms with van der Waals surface area (Å²) in [6.07, 6.45) is 2.84. The summed E-state index contributed by atoms with van der Waals surface area (Å²) in [6.45, 7) is 2.24. The Balaban J connectivity index is 1.58. The molecule has 0 fully saturated rings. The fourth-order valence-electron chi connectivity index (χ4n) is 4.16. The lowest BCUT2D eigenvalue weighted by molar-refractivity contribution is -0.122. The highest BCUT2D eigenvalue weighted by Gasteiger charge is 2.37. The SMILES string of the molecule is C[C@H](Cc1ccco1)NC(=O)C[C@H]1c2ccccc2CCN1S(=O)(=O)c1ccc(Br)cc1. The van der Waals surface area contributed by atoms with Gasteiger partial charge in [0, 0.05) is 29.9 Å². The van der Waals surface area contributed by atoms with E-state index in [-0.39, 0.29) is 23.3 Å². The van der Waals surface area contributed by atoms with Gasteiger partial charge in [-0.2, -0.15) is 4.31 Å². The van der Waals surface area contributed by atoms with Crippen LogP contribution in [0.15, 0.2) is 80.7 Å². The van der Waals surface area contributed by atoms with Crippen molar-refractivity contribution in [3.05, 3.63) is 88.3 Å². The molecule has 1 amide bonds. The van der Waals surface area contributed by atoms with Crippen molar-refractivity contribution in [2.75, 3.05) is 6.54 Å². The Morgan fingerprint density at radius 2 is 1.91 bits per heavy atom. The van der Waals surface area contributed by atoms with E-state index in [9.17, 15) is 13.2 Å². The van der Waals surface area contributed by atoms with E-state index in [0.717, 1.165) is 21.4 Å². The summed E-state index contributed by atoms with van der Waals surface area (Å²) < 4.78 is 34.6. The summed E-state index contributed by atoms with van der Waals surface area (Å²) >= 11 is 3.35. The molecule has 4 rings (SSSR count). The third kappa shape index (κ3) is 4.98. The van der Waals surface area contributed by atoms with E-state index >= 15 is 0 Å². The second kappa shape index (κ2) is 9.60. The Hall–Kier alpha value is -2.42. The number of hydrogen-bond acceptors (Lipinski definition) is 4.